The van der Waals surface area contributed by atoms with E-state index in [0.717, 1.165) is 11.8 Å². The molecule has 1 N–H and O–H groups in total. The monoisotopic (exact) mass is 215 g/mol. The summed E-state index contributed by atoms with van der Waals surface area (Å²) >= 11 is 0. The minimum atomic E-state index is 0.460. The Bertz CT molecular complexity index is 364. The minimum absolute atomic E-state index is 0.460. The molecule has 2 saturated carbocycles. The van der Waals surface area contributed by atoms with Crippen LogP contribution in [0.5, 0.6) is 0 Å². The molecule has 3 atom stereocenters. The van der Waals surface area contributed by atoms with Crippen LogP contribution in [-0.4, -0.2) is 0 Å². The Morgan fingerprint density at radius 2 is 2.25 bits per heavy atom. The van der Waals surface area contributed by atoms with Crippen LogP contribution in [0, 0.1) is 17.3 Å². The van der Waals surface area contributed by atoms with Crippen molar-refractivity contribution < 1.29 is 0 Å². The largest absolute Gasteiger partial charge is 0.365 e. The molecule has 0 aromatic heterocycles. The van der Waals surface area contributed by atoms with E-state index in [1.165, 1.54) is 37.8 Å². The first kappa shape index (κ1) is 10.2. The van der Waals surface area contributed by atoms with E-state index >= 15 is 0 Å². The molecule has 1 heterocycles. The molecule has 0 saturated heterocycles. The van der Waals surface area contributed by atoms with Gasteiger partial charge in [0.25, 0.3) is 0 Å². The molecule has 3 rings (SSSR count). The summed E-state index contributed by atoms with van der Waals surface area (Å²) in [7, 11) is 0. The Morgan fingerprint density at radius 3 is 2.94 bits per heavy atom. The first-order valence-electron chi connectivity index (χ1n) is 6.65. The molecule has 86 valence electrons. The van der Waals surface area contributed by atoms with Gasteiger partial charge in [0.15, 0.2) is 0 Å². The van der Waals surface area contributed by atoms with Crippen molar-refractivity contribution in [2.75, 3.05) is 0 Å². The molecule has 1 heteroatoms. The Labute approximate surface area is 98.3 Å². The van der Waals surface area contributed by atoms with Gasteiger partial charge in [-0.3, -0.25) is 0 Å². The van der Waals surface area contributed by atoms with Gasteiger partial charge in [-0.2, -0.15) is 0 Å². The first-order valence-corrected chi connectivity index (χ1v) is 6.65. The van der Waals surface area contributed by atoms with Gasteiger partial charge in [0.05, 0.1) is 0 Å². The van der Waals surface area contributed by atoms with E-state index in [1.54, 1.807) is 0 Å². The van der Waals surface area contributed by atoms with Gasteiger partial charge in [-0.05, 0) is 49.7 Å². The smallest absolute Gasteiger partial charge is 0.0212 e. The van der Waals surface area contributed by atoms with Gasteiger partial charge in [0.1, 0.15) is 0 Å². The van der Waals surface area contributed by atoms with Crippen LogP contribution in [0.15, 0.2) is 36.2 Å². The van der Waals surface area contributed by atoms with Crippen LogP contribution in [-0.2, 0) is 0 Å². The highest BCUT2D eigenvalue weighted by Gasteiger charge is 2.51. The average molecular weight is 215 g/mol. The molecule has 0 spiro atoms. The second kappa shape index (κ2) is 3.80. The number of nitrogens with one attached hydrogen (secondary N) is 1. The van der Waals surface area contributed by atoms with E-state index in [2.05, 4.69) is 42.7 Å². The molecule has 0 aromatic carbocycles. The van der Waals surface area contributed by atoms with Crippen LogP contribution in [0.25, 0.3) is 0 Å². The quantitative estimate of drug-likeness (QED) is 0.739. The molecule has 3 aliphatic rings. The molecule has 3 unspecified atom stereocenters. The van der Waals surface area contributed by atoms with Gasteiger partial charge < -0.3 is 5.32 Å². The van der Waals surface area contributed by atoms with Crippen molar-refractivity contribution in [1.82, 2.24) is 5.32 Å². The van der Waals surface area contributed by atoms with Gasteiger partial charge in [0, 0.05) is 17.3 Å². The maximum Gasteiger partial charge on any atom is 0.0212 e. The molecule has 0 amide bonds. The van der Waals surface area contributed by atoms with Gasteiger partial charge in [-0.25, -0.2) is 0 Å². The third kappa shape index (κ3) is 1.37. The standard InChI is InChI=1S/C15H21N/c1-2-15(11-12-7-8-13(15)10-12)14-6-4-3-5-9-16-14/h3-6,9,12-13,16H,2,7-8,10-11H2,1H3. The molecule has 0 radical (unpaired) electrons. The fraction of sp³-hybridized carbons (Fsp3) is 0.600. The van der Waals surface area contributed by atoms with E-state index in [4.69, 9.17) is 0 Å². The summed E-state index contributed by atoms with van der Waals surface area (Å²) in [6.07, 6.45) is 17.8. The number of hydrogen-bond donors (Lipinski definition) is 1. The van der Waals surface area contributed by atoms with Crippen LogP contribution in [0.2, 0.25) is 0 Å². The lowest BCUT2D eigenvalue weighted by atomic mass is 9.68. The zero-order valence-corrected chi connectivity index (χ0v) is 10.1. The highest BCUT2D eigenvalue weighted by molar-refractivity contribution is 5.28. The summed E-state index contributed by atoms with van der Waals surface area (Å²) < 4.78 is 0. The van der Waals surface area contributed by atoms with Gasteiger partial charge in [0.2, 0.25) is 0 Å². The van der Waals surface area contributed by atoms with Gasteiger partial charge in [-0.1, -0.05) is 25.5 Å². The third-order valence-electron chi connectivity index (χ3n) is 4.96. The van der Waals surface area contributed by atoms with Crippen LogP contribution < -0.4 is 5.32 Å². The van der Waals surface area contributed by atoms with Crippen LogP contribution >= 0.6 is 0 Å². The number of hydrogen-bond acceptors (Lipinski definition) is 1. The van der Waals surface area contributed by atoms with Crippen molar-refractivity contribution in [2.45, 2.75) is 39.0 Å². The van der Waals surface area contributed by atoms with E-state index in [9.17, 15) is 0 Å². The van der Waals surface area contributed by atoms with Crippen LogP contribution in [0.3, 0.4) is 0 Å². The molecule has 2 fully saturated rings. The van der Waals surface area contributed by atoms with E-state index in [1.807, 2.05) is 0 Å². The van der Waals surface area contributed by atoms with Crippen molar-refractivity contribution in [3.05, 3.63) is 36.2 Å². The molecule has 2 bridgehead atoms. The summed E-state index contributed by atoms with van der Waals surface area (Å²) in [5.41, 5.74) is 1.93. The highest BCUT2D eigenvalue weighted by Crippen LogP contribution is 2.60. The van der Waals surface area contributed by atoms with E-state index < -0.39 is 0 Å². The molecule has 0 aromatic rings. The van der Waals surface area contributed by atoms with Crippen molar-refractivity contribution in [1.29, 1.82) is 0 Å². The van der Waals surface area contributed by atoms with Crippen LogP contribution in [0.1, 0.15) is 39.0 Å². The predicted octanol–water partition coefficient (Wildman–Crippen LogP) is 3.76. The molecule has 1 aliphatic heterocycles. The molecular formula is C15H21N. The molecular weight excluding hydrogens is 194 g/mol. The third-order valence-corrected chi connectivity index (χ3v) is 4.96. The Morgan fingerprint density at radius 1 is 1.31 bits per heavy atom. The van der Waals surface area contributed by atoms with Gasteiger partial charge in [-0.15, -0.1) is 0 Å². The second-order valence-electron chi connectivity index (χ2n) is 5.56. The normalized spacial score (nSPS) is 40.7. The summed E-state index contributed by atoms with van der Waals surface area (Å²) in [4.78, 5) is 0. The Kier molecular flexibility index (Phi) is 2.42. The number of rotatable bonds is 2. The fourth-order valence-corrected chi connectivity index (χ4v) is 4.16. The van der Waals surface area contributed by atoms with E-state index in [0.29, 0.717) is 5.41 Å². The fourth-order valence-electron chi connectivity index (χ4n) is 4.16. The topological polar surface area (TPSA) is 12.0 Å². The zero-order valence-electron chi connectivity index (χ0n) is 10.1. The average Bonchev–Trinajstić information content (AvgIpc) is 2.80. The first-order chi connectivity index (χ1) is 7.85. The second-order valence-corrected chi connectivity index (χ2v) is 5.56. The SMILES string of the molecule is CCC1(C2=CC=CC=CN2)CC2CCC1C2. The summed E-state index contributed by atoms with van der Waals surface area (Å²) in [5.74, 6) is 1.94. The highest BCUT2D eigenvalue weighted by atomic mass is 14.9. The van der Waals surface area contributed by atoms with E-state index in [-0.39, 0.29) is 0 Å². The Balaban J connectivity index is 1.93. The summed E-state index contributed by atoms with van der Waals surface area (Å²) in [6, 6.07) is 0. The predicted molar refractivity (Wildman–Crippen MR) is 67.7 cm³/mol. The summed E-state index contributed by atoms with van der Waals surface area (Å²) in [5, 5.41) is 3.52. The maximum atomic E-state index is 3.52. The summed E-state index contributed by atoms with van der Waals surface area (Å²) in [6.45, 7) is 2.36. The van der Waals surface area contributed by atoms with Crippen molar-refractivity contribution in [3.63, 3.8) is 0 Å². The van der Waals surface area contributed by atoms with Gasteiger partial charge >= 0.3 is 0 Å². The maximum absolute atomic E-state index is 3.52. The Hall–Kier alpha value is -0.980. The molecule has 1 nitrogen and oxygen atoms in total. The lowest BCUT2D eigenvalue weighted by Gasteiger charge is -2.39. The number of allylic oxidation sites excluding steroid dienone is 5. The van der Waals surface area contributed by atoms with Crippen LogP contribution in [0.4, 0.5) is 0 Å². The van der Waals surface area contributed by atoms with Crippen molar-refractivity contribution in [2.24, 2.45) is 17.3 Å². The molecule has 2 aliphatic carbocycles. The van der Waals surface area contributed by atoms with Crippen molar-refractivity contribution >= 4 is 0 Å². The lowest BCUT2D eigenvalue weighted by Crippen LogP contribution is -2.34. The lowest BCUT2D eigenvalue weighted by molar-refractivity contribution is 0.196. The van der Waals surface area contributed by atoms with Crippen molar-refractivity contribution in [3.8, 4) is 0 Å². The number of fused-ring (bicyclic) bond motifs is 2. The minimum Gasteiger partial charge on any atom is -0.365 e. The zero-order chi connectivity index (χ0) is 11.0. The molecule has 16 heavy (non-hydrogen) atoms.